The highest BCUT2D eigenvalue weighted by Crippen LogP contribution is 2.26. The standard InChI is InChI=1S/C14H10ClFN4O/c15-12-7-11(16)4-5-13(12)21-8-9-2-1-3-10(6-9)14-17-19-20-18-14/h1-7H,8H2,(H,17,18,19,20). The quantitative estimate of drug-likeness (QED) is 0.803. The van der Waals surface area contributed by atoms with Crippen LogP contribution in [0.2, 0.25) is 5.02 Å². The van der Waals surface area contributed by atoms with Crippen molar-refractivity contribution >= 4 is 11.6 Å². The van der Waals surface area contributed by atoms with Gasteiger partial charge in [-0.3, -0.25) is 0 Å². The minimum atomic E-state index is -0.396. The molecule has 0 aliphatic heterocycles. The third kappa shape index (κ3) is 3.17. The predicted octanol–water partition coefficient (Wildman–Crippen LogP) is 3.24. The van der Waals surface area contributed by atoms with Crippen molar-refractivity contribution < 1.29 is 9.13 Å². The SMILES string of the molecule is Fc1ccc(OCc2cccc(-c3nnn[nH]3)c2)c(Cl)c1. The molecule has 1 aromatic heterocycles. The van der Waals surface area contributed by atoms with Crippen molar-refractivity contribution in [3.63, 3.8) is 0 Å². The number of tetrazole rings is 1. The van der Waals surface area contributed by atoms with E-state index < -0.39 is 5.82 Å². The van der Waals surface area contributed by atoms with E-state index in [1.165, 1.54) is 18.2 Å². The van der Waals surface area contributed by atoms with Crippen LogP contribution in [-0.4, -0.2) is 20.6 Å². The monoisotopic (exact) mass is 304 g/mol. The minimum absolute atomic E-state index is 0.241. The Morgan fingerprint density at radius 3 is 2.86 bits per heavy atom. The molecule has 1 N–H and O–H groups in total. The van der Waals surface area contributed by atoms with Crippen LogP contribution in [-0.2, 0) is 6.61 Å². The van der Waals surface area contributed by atoms with Gasteiger partial charge in [0.15, 0.2) is 5.82 Å². The van der Waals surface area contributed by atoms with Gasteiger partial charge >= 0.3 is 0 Å². The van der Waals surface area contributed by atoms with E-state index in [1.54, 1.807) is 0 Å². The van der Waals surface area contributed by atoms with Crippen molar-refractivity contribution in [3.8, 4) is 17.1 Å². The molecule has 1 heterocycles. The summed E-state index contributed by atoms with van der Waals surface area (Å²) in [6.07, 6.45) is 0. The lowest BCUT2D eigenvalue weighted by molar-refractivity contribution is 0.306. The highest BCUT2D eigenvalue weighted by Gasteiger charge is 2.06. The van der Waals surface area contributed by atoms with Gasteiger partial charge in [-0.1, -0.05) is 29.8 Å². The van der Waals surface area contributed by atoms with Crippen LogP contribution < -0.4 is 4.74 Å². The number of hydrogen-bond acceptors (Lipinski definition) is 4. The Morgan fingerprint density at radius 1 is 1.19 bits per heavy atom. The fourth-order valence-corrected chi connectivity index (χ4v) is 2.06. The Labute approximate surface area is 124 Å². The Kier molecular flexibility index (Phi) is 3.79. The number of aromatic nitrogens is 4. The highest BCUT2D eigenvalue weighted by atomic mass is 35.5. The molecule has 0 saturated heterocycles. The van der Waals surface area contributed by atoms with E-state index >= 15 is 0 Å². The van der Waals surface area contributed by atoms with E-state index in [0.29, 0.717) is 18.2 Å². The molecule has 2 aromatic carbocycles. The predicted molar refractivity (Wildman–Crippen MR) is 75.4 cm³/mol. The number of rotatable bonds is 4. The van der Waals surface area contributed by atoms with Gasteiger partial charge in [-0.15, -0.1) is 5.10 Å². The van der Waals surface area contributed by atoms with E-state index in [4.69, 9.17) is 16.3 Å². The van der Waals surface area contributed by atoms with Gasteiger partial charge in [0, 0.05) is 5.56 Å². The normalized spacial score (nSPS) is 10.6. The first kappa shape index (κ1) is 13.5. The summed E-state index contributed by atoms with van der Waals surface area (Å²) in [5.74, 6) is 0.619. The summed E-state index contributed by atoms with van der Waals surface area (Å²) in [5.41, 5.74) is 1.77. The zero-order valence-corrected chi connectivity index (χ0v) is 11.5. The molecule has 0 saturated carbocycles. The van der Waals surface area contributed by atoms with E-state index in [9.17, 15) is 4.39 Å². The number of benzene rings is 2. The lowest BCUT2D eigenvalue weighted by atomic mass is 10.1. The molecule has 0 amide bonds. The third-order valence-electron chi connectivity index (χ3n) is 2.83. The Bertz CT molecular complexity index is 748. The third-order valence-corrected chi connectivity index (χ3v) is 3.13. The summed E-state index contributed by atoms with van der Waals surface area (Å²) in [6, 6.07) is 11.6. The van der Waals surface area contributed by atoms with Crippen molar-refractivity contribution in [1.82, 2.24) is 20.6 Å². The van der Waals surface area contributed by atoms with E-state index in [2.05, 4.69) is 20.6 Å². The van der Waals surface area contributed by atoms with Gasteiger partial charge in [0.25, 0.3) is 0 Å². The number of hydrogen-bond donors (Lipinski definition) is 1. The Hall–Kier alpha value is -2.47. The van der Waals surface area contributed by atoms with E-state index in [1.807, 2.05) is 24.3 Å². The van der Waals surface area contributed by atoms with Gasteiger partial charge in [0.1, 0.15) is 18.2 Å². The number of aromatic amines is 1. The van der Waals surface area contributed by atoms with Gasteiger partial charge in [0.2, 0.25) is 0 Å². The average Bonchev–Trinajstić information content (AvgIpc) is 3.01. The smallest absolute Gasteiger partial charge is 0.179 e. The molecule has 106 valence electrons. The van der Waals surface area contributed by atoms with Crippen LogP contribution in [0.5, 0.6) is 5.75 Å². The maximum absolute atomic E-state index is 13.0. The van der Waals surface area contributed by atoms with Gasteiger partial charge in [-0.25, -0.2) is 9.49 Å². The van der Waals surface area contributed by atoms with E-state index in [0.717, 1.165) is 11.1 Å². The minimum Gasteiger partial charge on any atom is -0.487 e. The molecule has 0 fully saturated rings. The summed E-state index contributed by atoms with van der Waals surface area (Å²) in [6.45, 7) is 0.306. The Balaban J connectivity index is 1.75. The molecule has 0 bridgehead atoms. The molecule has 0 aliphatic carbocycles. The first-order valence-electron chi connectivity index (χ1n) is 6.13. The van der Waals surface area contributed by atoms with Crippen molar-refractivity contribution in [3.05, 3.63) is 58.9 Å². The largest absolute Gasteiger partial charge is 0.487 e. The molecule has 0 unspecified atom stereocenters. The van der Waals surface area contributed by atoms with Crippen molar-refractivity contribution in [2.75, 3.05) is 0 Å². The van der Waals surface area contributed by atoms with Crippen LogP contribution in [0.3, 0.4) is 0 Å². The van der Waals surface area contributed by atoms with Gasteiger partial charge in [-0.05, 0) is 40.3 Å². The van der Waals surface area contributed by atoms with Gasteiger partial charge in [-0.2, -0.15) is 0 Å². The number of nitrogens with zero attached hydrogens (tertiary/aromatic N) is 3. The molecule has 0 radical (unpaired) electrons. The van der Waals surface area contributed by atoms with E-state index in [-0.39, 0.29) is 5.02 Å². The van der Waals surface area contributed by atoms with Crippen LogP contribution in [0.4, 0.5) is 4.39 Å². The lowest BCUT2D eigenvalue weighted by Gasteiger charge is -2.08. The zero-order valence-electron chi connectivity index (χ0n) is 10.8. The Morgan fingerprint density at radius 2 is 2.10 bits per heavy atom. The molecule has 5 nitrogen and oxygen atoms in total. The van der Waals surface area contributed by atoms with Crippen LogP contribution >= 0.6 is 11.6 Å². The fraction of sp³-hybridized carbons (Fsp3) is 0.0714. The van der Waals surface area contributed by atoms with Crippen LogP contribution in [0.1, 0.15) is 5.56 Å². The summed E-state index contributed by atoms with van der Waals surface area (Å²) >= 11 is 5.91. The van der Waals surface area contributed by atoms with Crippen molar-refractivity contribution in [1.29, 1.82) is 0 Å². The maximum Gasteiger partial charge on any atom is 0.179 e. The lowest BCUT2D eigenvalue weighted by Crippen LogP contribution is -1.96. The first-order chi connectivity index (χ1) is 10.2. The molecule has 7 heteroatoms. The van der Waals surface area contributed by atoms with Crippen LogP contribution in [0, 0.1) is 5.82 Å². The molecule has 0 spiro atoms. The van der Waals surface area contributed by atoms with Crippen LogP contribution in [0.15, 0.2) is 42.5 Å². The van der Waals surface area contributed by atoms with Crippen molar-refractivity contribution in [2.24, 2.45) is 0 Å². The number of halogens is 2. The molecule has 3 aromatic rings. The van der Waals surface area contributed by atoms with Crippen LogP contribution in [0.25, 0.3) is 11.4 Å². The molecular formula is C14H10ClFN4O. The molecule has 3 rings (SSSR count). The second kappa shape index (κ2) is 5.88. The number of ether oxygens (including phenoxy) is 1. The average molecular weight is 305 g/mol. The molecule has 0 aliphatic rings. The molecule has 21 heavy (non-hydrogen) atoms. The van der Waals surface area contributed by atoms with Gasteiger partial charge < -0.3 is 4.74 Å². The maximum atomic E-state index is 13.0. The highest BCUT2D eigenvalue weighted by molar-refractivity contribution is 6.32. The second-order valence-corrected chi connectivity index (χ2v) is 4.72. The topological polar surface area (TPSA) is 63.7 Å². The second-order valence-electron chi connectivity index (χ2n) is 4.31. The summed E-state index contributed by atoms with van der Waals surface area (Å²) in [5, 5.41) is 13.9. The molecule has 0 atom stereocenters. The summed E-state index contributed by atoms with van der Waals surface area (Å²) < 4.78 is 18.5. The number of nitrogens with one attached hydrogen (secondary N) is 1. The first-order valence-corrected chi connectivity index (χ1v) is 6.51. The number of H-pyrrole nitrogens is 1. The van der Waals surface area contributed by atoms with Gasteiger partial charge in [0.05, 0.1) is 5.02 Å². The fourth-order valence-electron chi connectivity index (χ4n) is 1.84. The summed E-state index contributed by atoms with van der Waals surface area (Å²) in [4.78, 5) is 0. The summed E-state index contributed by atoms with van der Waals surface area (Å²) in [7, 11) is 0. The molecular weight excluding hydrogens is 295 g/mol. The zero-order chi connectivity index (χ0) is 14.7. The van der Waals surface area contributed by atoms with Crippen molar-refractivity contribution in [2.45, 2.75) is 6.61 Å².